The van der Waals surface area contributed by atoms with Crippen LogP contribution < -0.4 is 15.0 Å². The fourth-order valence-corrected chi connectivity index (χ4v) is 3.92. The zero-order valence-electron chi connectivity index (χ0n) is 18.1. The van der Waals surface area contributed by atoms with Gasteiger partial charge >= 0.3 is 0 Å². The van der Waals surface area contributed by atoms with E-state index >= 15 is 0 Å². The van der Waals surface area contributed by atoms with Gasteiger partial charge in [0.05, 0.1) is 0 Å². The Bertz CT molecular complexity index is 1020. The predicted octanol–water partition coefficient (Wildman–Crippen LogP) is 4.20. The number of hydrogen-bond acceptors (Lipinski definition) is 5. The van der Waals surface area contributed by atoms with Gasteiger partial charge in [-0.2, -0.15) is 0 Å². The van der Waals surface area contributed by atoms with Crippen LogP contribution in [0.1, 0.15) is 45.5 Å². The third-order valence-electron chi connectivity index (χ3n) is 5.52. The van der Waals surface area contributed by atoms with Gasteiger partial charge in [0, 0.05) is 49.4 Å². The molecule has 1 aliphatic heterocycles. The average Bonchev–Trinajstić information content (AvgIpc) is 3.33. The maximum atomic E-state index is 12.8. The molecule has 1 N–H and O–H groups in total. The molecular weight excluding hydrogens is 388 g/mol. The second kappa shape index (κ2) is 9.60. The van der Waals surface area contributed by atoms with Crippen LogP contribution in [0.4, 0.5) is 5.82 Å². The molecular formula is C25H28N4O2. The molecule has 0 unspecified atom stereocenters. The molecule has 6 nitrogen and oxygen atoms in total. The van der Waals surface area contributed by atoms with Crippen LogP contribution in [0.15, 0.2) is 55.0 Å². The van der Waals surface area contributed by atoms with Gasteiger partial charge in [-0.3, -0.25) is 9.78 Å². The van der Waals surface area contributed by atoms with Gasteiger partial charge in [0.25, 0.3) is 5.91 Å². The second-order valence-electron chi connectivity index (χ2n) is 7.99. The third-order valence-corrected chi connectivity index (χ3v) is 5.52. The summed E-state index contributed by atoms with van der Waals surface area (Å²) in [6.07, 6.45) is 7.78. The number of aromatic nitrogens is 2. The highest BCUT2D eigenvalue weighted by atomic mass is 16.5. The van der Waals surface area contributed by atoms with Crippen LogP contribution in [-0.4, -0.2) is 29.0 Å². The lowest BCUT2D eigenvalue weighted by molar-refractivity contribution is 0.0950. The van der Waals surface area contributed by atoms with Crippen molar-refractivity contribution in [3.8, 4) is 5.75 Å². The van der Waals surface area contributed by atoms with E-state index in [-0.39, 0.29) is 5.91 Å². The minimum atomic E-state index is -0.0930. The number of hydrogen-bond donors (Lipinski definition) is 1. The van der Waals surface area contributed by atoms with E-state index < -0.39 is 0 Å². The van der Waals surface area contributed by atoms with Gasteiger partial charge in [-0.05, 0) is 73.7 Å². The highest BCUT2D eigenvalue weighted by Crippen LogP contribution is 2.26. The lowest BCUT2D eigenvalue weighted by atomic mass is 10.0. The lowest BCUT2D eigenvalue weighted by Crippen LogP contribution is -2.24. The largest absolute Gasteiger partial charge is 0.488 e. The van der Waals surface area contributed by atoms with Crippen LogP contribution in [0.2, 0.25) is 0 Å². The normalized spacial score (nSPS) is 13.3. The Hall–Kier alpha value is -3.41. The van der Waals surface area contributed by atoms with E-state index in [0.29, 0.717) is 18.7 Å². The Morgan fingerprint density at radius 1 is 1.06 bits per heavy atom. The van der Waals surface area contributed by atoms with E-state index in [1.807, 2.05) is 50.4 Å². The Labute approximate surface area is 183 Å². The van der Waals surface area contributed by atoms with Gasteiger partial charge in [-0.25, -0.2) is 4.98 Å². The molecule has 2 aromatic heterocycles. The van der Waals surface area contributed by atoms with Crippen molar-refractivity contribution in [1.29, 1.82) is 0 Å². The van der Waals surface area contributed by atoms with E-state index in [1.165, 1.54) is 12.8 Å². The summed E-state index contributed by atoms with van der Waals surface area (Å²) >= 11 is 0. The Morgan fingerprint density at radius 3 is 2.55 bits per heavy atom. The number of nitrogens with zero attached hydrogens (tertiary/aromatic N) is 3. The lowest BCUT2D eigenvalue weighted by Gasteiger charge is -2.17. The summed E-state index contributed by atoms with van der Waals surface area (Å²) in [5.74, 6) is 1.71. The van der Waals surface area contributed by atoms with Crippen molar-refractivity contribution < 1.29 is 9.53 Å². The van der Waals surface area contributed by atoms with Gasteiger partial charge in [-0.15, -0.1) is 0 Å². The van der Waals surface area contributed by atoms with Crippen LogP contribution in [0.5, 0.6) is 5.75 Å². The van der Waals surface area contributed by atoms with Crippen molar-refractivity contribution >= 4 is 11.7 Å². The smallest absolute Gasteiger partial charge is 0.251 e. The number of carbonyl (C=O) groups is 1. The number of anilines is 1. The number of nitrogens with one attached hydrogen (secondary N) is 1. The molecule has 0 bridgehead atoms. The Kier molecular flexibility index (Phi) is 6.46. The summed E-state index contributed by atoms with van der Waals surface area (Å²) in [6.45, 7) is 6.95. The first-order valence-corrected chi connectivity index (χ1v) is 10.7. The van der Waals surface area contributed by atoms with Crippen LogP contribution in [0.25, 0.3) is 0 Å². The molecule has 1 aromatic carbocycles. The molecule has 1 fully saturated rings. The minimum absolute atomic E-state index is 0.0930. The standard InChI is InChI=1S/C25H28N4O2/c1-18-12-22(13-19(2)24(18)31-17-21-6-5-8-26-15-21)25(30)28-16-20-7-9-27-23(14-20)29-10-3-4-11-29/h5-9,12-15H,3-4,10-11,16-17H2,1-2H3,(H,28,30). The maximum Gasteiger partial charge on any atom is 0.251 e. The third kappa shape index (κ3) is 5.20. The van der Waals surface area contributed by atoms with Crippen molar-refractivity contribution in [3.63, 3.8) is 0 Å². The van der Waals surface area contributed by atoms with Crippen molar-refractivity contribution in [3.05, 3.63) is 82.8 Å². The van der Waals surface area contributed by atoms with E-state index in [1.54, 1.807) is 12.4 Å². The van der Waals surface area contributed by atoms with Gasteiger partial charge in [0.1, 0.15) is 18.2 Å². The molecule has 4 rings (SSSR count). The first kappa shape index (κ1) is 20.8. The number of carbonyl (C=O) groups excluding carboxylic acids is 1. The van der Waals surface area contributed by atoms with E-state index in [2.05, 4.69) is 26.3 Å². The number of pyridine rings is 2. The predicted molar refractivity (Wildman–Crippen MR) is 121 cm³/mol. The SMILES string of the molecule is Cc1cc(C(=O)NCc2ccnc(N3CCCC3)c2)cc(C)c1OCc1cccnc1. The first-order chi connectivity index (χ1) is 15.1. The molecule has 0 spiro atoms. The molecule has 0 radical (unpaired) electrons. The van der Waals surface area contributed by atoms with Gasteiger partial charge in [0.15, 0.2) is 0 Å². The van der Waals surface area contributed by atoms with Crippen LogP contribution in [0, 0.1) is 13.8 Å². The maximum absolute atomic E-state index is 12.8. The highest BCUT2D eigenvalue weighted by molar-refractivity contribution is 5.94. The fourth-order valence-electron chi connectivity index (χ4n) is 3.92. The number of amides is 1. The second-order valence-corrected chi connectivity index (χ2v) is 7.99. The number of aryl methyl sites for hydroxylation is 2. The number of ether oxygens (including phenoxy) is 1. The summed E-state index contributed by atoms with van der Waals surface area (Å²) in [6, 6.07) is 11.6. The Morgan fingerprint density at radius 2 is 1.84 bits per heavy atom. The fraction of sp³-hybridized carbons (Fsp3) is 0.320. The summed E-state index contributed by atoms with van der Waals surface area (Å²) in [5, 5.41) is 3.03. The van der Waals surface area contributed by atoms with E-state index in [0.717, 1.165) is 46.9 Å². The van der Waals surface area contributed by atoms with Crippen molar-refractivity contribution in [2.24, 2.45) is 0 Å². The zero-order chi connectivity index (χ0) is 21.6. The molecule has 1 saturated heterocycles. The van der Waals surface area contributed by atoms with Gasteiger partial charge < -0.3 is 15.0 Å². The molecule has 1 aliphatic rings. The van der Waals surface area contributed by atoms with Crippen LogP contribution in [-0.2, 0) is 13.2 Å². The molecule has 0 atom stereocenters. The highest BCUT2D eigenvalue weighted by Gasteiger charge is 2.15. The van der Waals surface area contributed by atoms with Crippen molar-refractivity contribution in [2.75, 3.05) is 18.0 Å². The van der Waals surface area contributed by atoms with Gasteiger partial charge in [-0.1, -0.05) is 6.07 Å². The monoisotopic (exact) mass is 416 g/mol. The van der Waals surface area contributed by atoms with Crippen molar-refractivity contribution in [1.82, 2.24) is 15.3 Å². The summed E-state index contributed by atoms with van der Waals surface area (Å²) in [4.78, 5) is 23.6. The summed E-state index contributed by atoms with van der Waals surface area (Å²) in [5.41, 5.74) is 4.57. The quantitative estimate of drug-likeness (QED) is 0.625. The molecule has 0 aliphatic carbocycles. The molecule has 3 heterocycles. The molecule has 31 heavy (non-hydrogen) atoms. The molecule has 6 heteroatoms. The molecule has 3 aromatic rings. The minimum Gasteiger partial charge on any atom is -0.488 e. The van der Waals surface area contributed by atoms with Crippen molar-refractivity contribution in [2.45, 2.75) is 39.8 Å². The molecule has 1 amide bonds. The first-order valence-electron chi connectivity index (χ1n) is 10.7. The van der Waals surface area contributed by atoms with Crippen LogP contribution >= 0.6 is 0 Å². The number of rotatable bonds is 7. The van der Waals surface area contributed by atoms with E-state index in [4.69, 9.17) is 4.74 Å². The number of benzene rings is 1. The van der Waals surface area contributed by atoms with Gasteiger partial charge in [0.2, 0.25) is 0 Å². The van der Waals surface area contributed by atoms with E-state index in [9.17, 15) is 4.79 Å². The molecule has 0 saturated carbocycles. The zero-order valence-corrected chi connectivity index (χ0v) is 18.1. The Balaban J connectivity index is 1.39. The summed E-state index contributed by atoms with van der Waals surface area (Å²) in [7, 11) is 0. The molecule has 160 valence electrons. The van der Waals surface area contributed by atoms with Crippen LogP contribution in [0.3, 0.4) is 0 Å². The topological polar surface area (TPSA) is 67.4 Å². The average molecular weight is 417 g/mol. The summed E-state index contributed by atoms with van der Waals surface area (Å²) < 4.78 is 6.00.